The first-order valence-corrected chi connectivity index (χ1v) is 8.44. The van der Waals surface area contributed by atoms with Crippen LogP contribution in [0.4, 0.5) is 0 Å². The van der Waals surface area contributed by atoms with Crippen molar-refractivity contribution in [2.75, 3.05) is 27.9 Å². The molecule has 6 heteroatoms. The van der Waals surface area contributed by atoms with E-state index < -0.39 is 8.80 Å². The van der Waals surface area contributed by atoms with Crippen LogP contribution in [0.1, 0.15) is 13.3 Å². The fourth-order valence-corrected chi connectivity index (χ4v) is 3.67. The Balaban J connectivity index is 0.000000494. The molecule has 0 aromatic heterocycles. The zero-order chi connectivity index (χ0) is 13.9. The molecule has 0 fully saturated rings. The molecule has 0 saturated heterocycles. The first-order chi connectivity index (χ1) is 8.70. The molecule has 0 N–H and O–H groups in total. The minimum Gasteiger partial charge on any atom is -0.428 e. The van der Waals surface area contributed by atoms with E-state index in [9.17, 15) is 0 Å². The number of hydrogen-bond donors (Lipinski definition) is 0. The van der Waals surface area contributed by atoms with Gasteiger partial charge in [0, 0.05) is 33.1 Å². The Morgan fingerprint density at radius 1 is 1.00 bits per heavy atom. The molecule has 0 aliphatic rings. The van der Waals surface area contributed by atoms with Crippen molar-refractivity contribution in [3.05, 3.63) is 30.3 Å². The standard InChI is InChI=1S/C9H14O3Si.C3H10OSi/c1-10-13(11-2,12-3)9-7-5-4-6-8-9;1-2-3-4-5/h4-8H,1-3H3;2-3H2,1,5H3. The highest BCUT2D eigenvalue weighted by atomic mass is 28.4. The highest BCUT2D eigenvalue weighted by molar-refractivity contribution is 6.75. The van der Waals surface area contributed by atoms with Crippen LogP contribution in [0.5, 0.6) is 0 Å². The lowest BCUT2D eigenvalue weighted by atomic mass is 10.4. The van der Waals surface area contributed by atoms with Gasteiger partial charge in [-0.1, -0.05) is 37.3 Å². The second-order valence-corrected chi connectivity index (χ2v) is 7.02. The fraction of sp³-hybridized carbons (Fsp3) is 0.500. The molecule has 0 saturated carbocycles. The molecular formula is C12H24O4Si2. The van der Waals surface area contributed by atoms with Gasteiger partial charge in [0.1, 0.15) is 10.5 Å². The van der Waals surface area contributed by atoms with Gasteiger partial charge >= 0.3 is 8.80 Å². The average molecular weight is 288 g/mol. The third kappa shape index (κ3) is 5.43. The van der Waals surface area contributed by atoms with Gasteiger partial charge in [-0.3, -0.25) is 0 Å². The Morgan fingerprint density at radius 3 is 1.78 bits per heavy atom. The lowest BCUT2D eigenvalue weighted by Crippen LogP contribution is -2.54. The molecule has 1 aromatic carbocycles. The molecule has 4 nitrogen and oxygen atoms in total. The number of hydrogen-bond acceptors (Lipinski definition) is 4. The maximum Gasteiger partial charge on any atom is 0.536 e. The van der Waals surface area contributed by atoms with Crippen LogP contribution in [-0.4, -0.2) is 47.2 Å². The van der Waals surface area contributed by atoms with E-state index in [0.717, 1.165) is 28.7 Å². The molecule has 18 heavy (non-hydrogen) atoms. The first kappa shape index (κ1) is 17.5. The Hall–Kier alpha value is -0.506. The van der Waals surface area contributed by atoms with Gasteiger partial charge in [0.05, 0.1) is 0 Å². The minimum absolute atomic E-state index is 0.899. The Bertz CT molecular complexity index is 281. The maximum absolute atomic E-state index is 5.32. The topological polar surface area (TPSA) is 36.9 Å². The molecule has 0 atom stereocenters. The van der Waals surface area contributed by atoms with Crippen molar-refractivity contribution in [1.29, 1.82) is 0 Å². The van der Waals surface area contributed by atoms with E-state index in [1.165, 1.54) is 0 Å². The third-order valence-electron chi connectivity index (χ3n) is 2.34. The summed E-state index contributed by atoms with van der Waals surface area (Å²) in [7, 11) is 3.12. The summed E-state index contributed by atoms with van der Waals surface area (Å²) in [5, 5.41) is 0.975. The summed E-state index contributed by atoms with van der Waals surface area (Å²) in [5.41, 5.74) is 0. The highest BCUT2D eigenvalue weighted by Crippen LogP contribution is 2.05. The van der Waals surface area contributed by atoms with Gasteiger partial charge in [-0.25, -0.2) is 0 Å². The van der Waals surface area contributed by atoms with E-state index in [2.05, 4.69) is 6.92 Å². The predicted molar refractivity (Wildman–Crippen MR) is 79.0 cm³/mol. The summed E-state index contributed by atoms with van der Waals surface area (Å²) in [5.74, 6) is 0. The van der Waals surface area contributed by atoms with Gasteiger partial charge in [0.2, 0.25) is 0 Å². The molecule has 0 radical (unpaired) electrons. The average Bonchev–Trinajstić information content (AvgIpc) is 2.44. The Labute approximate surface area is 114 Å². The number of benzene rings is 1. The van der Waals surface area contributed by atoms with Gasteiger partial charge in [-0.2, -0.15) is 0 Å². The summed E-state index contributed by atoms with van der Waals surface area (Å²) in [6.45, 7) is 3.06. The van der Waals surface area contributed by atoms with E-state index >= 15 is 0 Å². The van der Waals surface area contributed by atoms with Gasteiger partial charge in [0.15, 0.2) is 0 Å². The largest absolute Gasteiger partial charge is 0.536 e. The van der Waals surface area contributed by atoms with E-state index in [1.54, 1.807) is 21.3 Å². The second kappa shape index (κ2) is 10.4. The summed E-state index contributed by atoms with van der Waals surface area (Å²) in [6.07, 6.45) is 1.16. The van der Waals surface area contributed by atoms with E-state index in [-0.39, 0.29) is 0 Å². The van der Waals surface area contributed by atoms with Gasteiger partial charge < -0.3 is 17.7 Å². The second-order valence-electron chi connectivity index (χ2n) is 3.53. The molecule has 104 valence electrons. The van der Waals surface area contributed by atoms with Crippen molar-refractivity contribution in [2.45, 2.75) is 13.3 Å². The maximum atomic E-state index is 5.32. The quantitative estimate of drug-likeness (QED) is 0.713. The van der Waals surface area contributed by atoms with E-state index in [0.29, 0.717) is 0 Å². The predicted octanol–water partition coefficient (Wildman–Crippen LogP) is 0.465. The van der Waals surface area contributed by atoms with Crippen LogP contribution >= 0.6 is 0 Å². The zero-order valence-electron chi connectivity index (χ0n) is 11.9. The third-order valence-corrected chi connectivity index (χ3v) is 5.40. The Morgan fingerprint density at radius 2 is 1.50 bits per heavy atom. The highest BCUT2D eigenvalue weighted by Gasteiger charge is 2.40. The Kier molecular flexibility index (Phi) is 10.1. The molecule has 1 rings (SSSR count). The zero-order valence-corrected chi connectivity index (χ0v) is 14.9. The van der Waals surface area contributed by atoms with Gasteiger partial charge in [-0.15, -0.1) is 0 Å². The van der Waals surface area contributed by atoms with E-state index in [1.807, 2.05) is 30.3 Å². The summed E-state index contributed by atoms with van der Waals surface area (Å²) >= 11 is 0. The molecule has 0 spiro atoms. The van der Waals surface area contributed by atoms with Crippen molar-refractivity contribution >= 4 is 24.5 Å². The smallest absolute Gasteiger partial charge is 0.428 e. The molecule has 0 amide bonds. The van der Waals surface area contributed by atoms with Crippen LogP contribution in [-0.2, 0) is 17.7 Å². The summed E-state index contributed by atoms with van der Waals surface area (Å²) in [4.78, 5) is 0. The lowest BCUT2D eigenvalue weighted by molar-refractivity contribution is 0.140. The van der Waals surface area contributed by atoms with Crippen molar-refractivity contribution in [3.8, 4) is 0 Å². The summed E-state index contributed by atoms with van der Waals surface area (Å²) in [6, 6.07) is 9.72. The lowest BCUT2D eigenvalue weighted by Gasteiger charge is -2.24. The van der Waals surface area contributed by atoms with Crippen LogP contribution in [0.25, 0.3) is 0 Å². The fourth-order valence-electron chi connectivity index (χ4n) is 1.45. The van der Waals surface area contributed by atoms with Crippen molar-refractivity contribution < 1.29 is 17.7 Å². The van der Waals surface area contributed by atoms with Crippen molar-refractivity contribution in [3.63, 3.8) is 0 Å². The molecule has 0 bridgehead atoms. The summed E-state index contributed by atoms with van der Waals surface area (Å²) < 4.78 is 20.8. The molecule has 0 aliphatic heterocycles. The minimum atomic E-state index is -2.59. The van der Waals surface area contributed by atoms with Crippen LogP contribution in [0, 0.1) is 0 Å². The van der Waals surface area contributed by atoms with Crippen LogP contribution in [0.15, 0.2) is 30.3 Å². The molecule has 0 aliphatic carbocycles. The van der Waals surface area contributed by atoms with Crippen LogP contribution in [0.3, 0.4) is 0 Å². The van der Waals surface area contributed by atoms with Gasteiger partial charge in [0.25, 0.3) is 0 Å². The SMILES string of the molecule is CCCO[SiH3].CO[Si](OC)(OC)c1ccccc1. The number of rotatable bonds is 6. The first-order valence-electron chi connectivity index (χ1n) is 5.90. The van der Waals surface area contributed by atoms with Gasteiger partial charge in [-0.05, 0) is 6.42 Å². The molecule has 0 heterocycles. The van der Waals surface area contributed by atoms with Crippen LogP contribution in [0.2, 0.25) is 0 Å². The van der Waals surface area contributed by atoms with Crippen molar-refractivity contribution in [1.82, 2.24) is 0 Å². The monoisotopic (exact) mass is 288 g/mol. The molecule has 1 aromatic rings. The molecule has 0 unspecified atom stereocenters. The van der Waals surface area contributed by atoms with E-state index in [4.69, 9.17) is 17.7 Å². The van der Waals surface area contributed by atoms with Crippen molar-refractivity contribution in [2.24, 2.45) is 0 Å². The van der Waals surface area contributed by atoms with Crippen LogP contribution < -0.4 is 5.19 Å². The molecular weight excluding hydrogens is 264 g/mol. The normalized spacial score (nSPS) is 10.9.